The smallest absolute Gasteiger partial charge is 0.144 e. The fourth-order valence-corrected chi connectivity index (χ4v) is 3.81. The molecule has 0 saturated heterocycles. The maximum atomic E-state index is 10.9. The maximum Gasteiger partial charge on any atom is 0.144 e. The molecule has 1 unspecified atom stereocenters. The largest absolute Gasteiger partial charge is 0.364 e. The van der Waals surface area contributed by atoms with Crippen molar-refractivity contribution < 1.29 is 4.79 Å². The highest BCUT2D eigenvalue weighted by atomic mass is 16.1. The molecule has 0 bridgehead atoms. The van der Waals surface area contributed by atoms with Crippen molar-refractivity contribution in [2.75, 3.05) is 6.54 Å². The Bertz CT molecular complexity index is 959. The summed E-state index contributed by atoms with van der Waals surface area (Å²) in [5.74, 6) is 0. The third-order valence-corrected chi connectivity index (χ3v) is 5.13. The monoisotopic (exact) mass is 357 g/mol. The van der Waals surface area contributed by atoms with Crippen LogP contribution in [0.15, 0.2) is 72.9 Å². The molecule has 0 fully saturated rings. The zero-order chi connectivity index (χ0) is 18.6. The van der Waals surface area contributed by atoms with E-state index >= 15 is 0 Å². The first-order valence-electron chi connectivity index (χ1n) is 9.30. The average molecular weight is 357 g/mol. The minimum Gasteiger partial charge on any atom is -0.364 e. The number of allylic oxidation sites excluding steroid dienone is 1. The highest BCUT2D eigenvalue weighted by Gasteiger charge is 2.29. The minimum atomic E-state index is 0.0295. The van der Waals surface area contributed by atoms with Gasteiger partial charge in [0.05, 0.1) is 18.3 Å². The third kappa shape index (κ3) is 3.56. The number of carbonyl (C=O) groups is 1. The number of nitrogens with zero attached hydrogens (tertiary/aromatic N) is 3. The van der Waals surface area contributed by atoms with Gasteiger partial charge in [0, 0.05) is 18.4 Å². The van der Waals surface area contributed by atoms with Crippen LogP contribution in [0, 0.1) is 6.92 Å². The van der Waals surface area contributed by atoms with Crippen LogP contribution in [-0.2, 0) is 17.8 Å². The lowest BCUT2D eigenvalue weighted by Gasteiger charge is -2.35. The molecule has 2 heterocycles. The maximum absolute atomic E-state index is 10.9. The molecule has 1 aliphatic heterocycles. The lowest BCUT2D eigenvalue weighted by molar-refractivity contribution is -0.104. The first-order chi connectivity index (χ1) is 13.3. The number of hydrogen-bond donors (Lipinski definition) is 0. The predicted octanol–water partition coefficient (Wildman–Crippen LogP) is 3.90. The van der Waals surface area contributed by atoms with Crippen LogP contribution < -0.4 is 0 Å². The van der Waals surface area contributed by atoms with Gasteiger partial charge in [-0.3, -0.25) is 9.48 Å². The zero-order valence-corrected chi connectivity index (χ0v) is 15.5. The molecule has 1 atom stereocenters. The molecule has 4 heteroatoms. The number of hydrogen-bond acceptors (Lipinski definition) is 3. The summed E-state index contributed by atoms with van der Waals surface area (Å²) in [6, 6.07) is 21.1. The molecule has 2 aromatic carbocycles. The molecule has 0 radical (unpaired) electrons. The van der Waals surface area contributed by atoms with E-state index in [0.29, 0.717) is 0 Å². The Labute approximate surface area is 159 Å². The van der Waals surface area contributed by atoms with Crippen LogP contribution >= 0.6 is 0 Å². The molecule has 0 N–H and O–H groups in total. The summed E-state index contributed by atoms with van der Waals surface area (Å²) in [4.78, 5) is 13.1. The minimum absolute atomic E-state index is 0.0295. The third-order valence-electron chi connectivity index (χ3n) is 5.13. The van der Waals surface area contributed by atoms with E-state index in [-0.39, 0.29) is 6.04 Å². The second kappa shape index (κ2) is 7.62. The molecule has 4 nitrogen and oxygen atoms in total. The second-order valence-electron chi connectivity index (χ2n) is 6.92. The van der Waals surface area contributed by atoms with Crippen LogP contribution in [0.5, 0.6) is 0 Å². The summed E-state index contributed by atoms with van der Waals surface area (Å²) in [7, 11) is 0. The summed E-state index contributed by atoms with van der Waals surface area (Å²) in [5, 5.41) is 4.94. The molecule has 1 aromatic heterocycles. The van der Waals surface area contributed by atoms with Crippen LogP contribution in [-0.4, -0.2) is 27.5 Å². The molecule has 0 aliphatic carbocycles. The highest BCUT2D eigenvalue weighted by Crippen LogP contribution is 2.35. The van der Waals surface area contributed by atoms with E-state index in [9.17, 15) is 4.79 Å². The van der Waals surface area contributed by atoms with Crippen molar-refractivity contribution in [3.05, 3.63) is 101 Å². The first-order valence-corrected chi connectivity index (χ1v) is 9.30. The van der Waals surface area contributed by atoms with Crippen LogP contribution in [0.2, 0.25) is 0 Å². The summed E-state index contributed by atoms with van der Waals surface area (Å²) in [5.41, 5.74) is 6.01. The molecule has 0 spiro atoms. The van der Waals surface area contributed by atoms with Gasteiger partial charge in [-0.05, 0) is 42.2 Å². The number of carbonyl (C=O) groups excluding carboxylic acids is 1. The SMILES string of the molecule is Cc1cc(C2c3ccccc3CCN2C=CC=O)nn1Cc1ccccc1. The van der Waals surface area contributed by atoms with Crippen molar-refractivity contribution in [2.24, 2.45) is 0 Å². The van der Waals surface area contributed by atoms with Crippen LogP contribution in [0.4, 0.5) is 0 Å². The van der Waals surface area contributed by atoms with Gasteiger partial charge in [0.25, 0.3) is 0 Å². The molecular formula is C23H23N3O. The normalized spacial score (nSPS) is 16.5. The summed E-state index contributed by atoms with van der Waals surface area (Å²) < 4.78 is 2.06. The number of benzene rings is 2. The molecule has 27 heavy (non-hydrogen) atoms. The van der Waals surface area contributed by atoms with Crippen molar-refractivity contribution in [1.82, 2.24) is 14.7 Å². The Hall–Kier alpha value is -3.14. The van der Waals surface area contributed by atoms with E-state index < -0.39 is 0 Å². The topological polar surface area (TPSA) is 38.1 Å². The quantitative estimate of drug-likeness (QED) is 0.513. The number of fused-ring (bicyclic) bond motifs is 1. The highest BCUT2D eigenvalue weighted by molar-refractivity contribution is 5.64. The van der Waals surface area contributed by atoms with Crippen molar-refractivity contribution in [1.29, 1.82) is 0 Å². The summed E-state index contributed by atoms with van der Waals surface area (Å²) >= 11 is 0. The van der Waals surface area contributed by atoms with E-state index in [2.05, 4.69) is 71.1 Å². The number of aryl methyl sites for hydroxylation is 1. The van der Waals surface area contributed by atoms with E-state index in [1.54, 1.807) is 6.08 Å². The van der Waals surface area contributed by atoms with E-state index in [0.717, 1.165) is 37.2 Å². The standard InChI is InChI=1S/C23H23N3O/c1-18-16-22(24-26(18)17-19-8-3-2-4-9-19)23-21-11-6-5-10-20(21)12-14-25(23)13-7-15-27/h2-11,13,15-16,23H,12,14,17H2,1H3. The molecule has 1 aliphatic rings. The zero-order valence-electron chi connectivity index (χ0n) is 15.5. The van der Waals surface area contributed by atoms with Gasteiger partial charge in [-0.15, -0.1) is 0 Å². The molecule has 3 aromatic rings. The molecule has 0 amide bonds. The molecule has 136 valence electrons. The first kappa shape index (κ1) is 17.3. The van der Waals surface area contributed by atoms with E-state index in [1.165, 1.54) is 16.7 Å². The van der Waals surface area contributed by atoms with Gasteiger partial charge in [-0.1, -0.05) is 54.6 Å². The van der Waals surface area contributed by atoms with Crippen molar-refractivity contribution >= 4 is 6.29 Å². The Kier molecular flexibility index (Phi) is 4.88. The van der Waals surface area contributed by atoms with E-state index in [4.69, 9.17) is 5.10 Å². The van der Waals surface area contributed by atoms with Crippen molar-refractivity contribution in [3.63, 3.8) is 0 Å². The Morgan fingerprint density at radius 1 is 1.11 bits per heavy atom. The lowest BCUT2D eigenvalue weighted by Crippen LogP contribution is -2.32. The van der Waals surface area contributed by atoms with Gasteiger partial charge in [0.1, 0.15) is 6.29 Å². The predicted molar refractivity (Wildman–Crippen MR) is 106 cm³/mol. The summed E-state index contributed by atoms with van der Waals surface area (Å²) in [6.45, 7) is 3.72. The molecule has 4 rings (SSSR count). The van der Waals surface area contributed by atoms with Crippen LogP contribution in [0.1, 0.15) is 34.1 Å². The Balaban J connectivity index is 1.72. The fourth-order valence-electron chi connectivity index (χ4n) is 3.81. The Morgan fingerprint density at radius 3 is 2.70 bits per heavy atom. The number of aromatic nitrogens is 2. The van der Waals surface area contributed by atoms with Gasteiger partial charge in [-0.2, -0.15) is 5.10 Å². The van der Waals surface area contributed by atoms with Gasteiger partial charge < -0.3 is 4.90 Å². The van der Waals surface area contributed by atoms with Gasteiger partial charge in [-0.25, -0.2) is 0 Å². The average Bonchev–Trinajstić information content (AvgIpc) is 3.06. The fraction of sp³-hybridized carbons (Fsp3) is 0.217. The Morgan fingerprint density at radius 2 is 1.89 bits per heavy atom. The van der Waals surface area contributed by atoms with Gasteiger partial charge in [0.15, 0.2) is 0 Å². The van der Waals surface area contributed by atoms with Gasteiger partial charge in [0.2, 0.25) is 0 Å². The molecular weight excluding hydrogens is 334 g/mol. The number of rotatable bonds is 5. The van der Waals surface area contributed by atoms with Crippen molar-refractivity contribution in [2.45, 2.75) is 25.9 Å². The summed E-state index contributed by atoms with van der Waals surface area (Å²) in [6.07, 6.45) is 5.25. The van der Waals surface area contributed by atoms with Crippen LogP contribution in [0.3, 0.4) is 0 Å². The molecule has 0 saturated carbocycles. The lowest BCUT2D eigenvalue weighted by atomic mass is 9.91. The second-order valence-corrected chi connectivity index (χ2v) is 6.92. The number of aldehydes is 1. The van der Waals surface area contributed by atoms with Gasteiger partial charge >= 0.3 is 0 Å². The van der Waals surface area contributed by atoms with E-state index in [1.807, 2.05) is 12.3 Å². The van der Waals surface area contributed by atoms with Crippen LogP contribution in [0.25, 0.3) is 0 Å². The van der Waals surface area contributed by atoms with Crippen molar-refractivity contribution in [3.8, 4) is 0 Å².